The highest BCUT2D eigenvalue weighted by molar-refractivity contribution is 6.02. The molecule has 1 aliphatic rings. The van der Waals surface area contributed by atoms with Gasteiger partial charge in [-0.25, -0.2) is 4.39 Å². The lowest BCUT2D eigenvalue weighted by molar-refractivity contribution is 0.0722. The van der Waals surface area contributed by atoms with Gasteiger partial charge in [0.05, 0.1) is 0 Å². The molecule has 0 fully saturated rings. The van der Waals surface area contributed by atoms with E-state index in [2.05, 4.69) is 39.8 Å². The normalized spacial score (nSPS) is 13.8. The number of halogens is 1. The molecule has 0 unspecified atom stereocenters. The van der Waals surface area contributed by atoms with Gasteiger partial charge in [-0.3, -0.25) is 9.59 Å². The van der Waals surface area contributed by atoms with E-state index in [4.69, 9.17) is 0 Å². The third-order valence-corrected chi connectivity index (χ3v) is 5.39. The summed E-state index contributed by atoms with van der Waals surface area (Å²) in [7, 11) is 5.82. The third kappa shape index (κ3) is 5.03. The van der Waals surface area contributed by atoms with E-state index < -0.39 is 0 Å². The Bertz CT molecular complexity index is 880. The summed E-state index contributed by atoms with van der Waals surface area (Å²) in [5.74, 6) is -0.902. The Morgan fingerprint density at radius 1 is 1.21 bits per heavy atom. The Kier molecular flexibility index (Phi) is 6.85. The van der Waals surface area contributed by atoms with Gasteiger partial charge in [-0.1, -0.05) is 12.1 Å². The molecule has 1 aliphatic heterocycles. The van der Waals surface area contributed by atoms with Crippen LogP contribution in [0.4, 0.5) is 4.39 Å². The summed E-state index contributed by atoms with van der Waals surface area (Å²) in [6.07, 6.45) is 1.10. The average Bonchev–Trinajstić information content (AvgIpc) is 2.89. The Balaban J connectivity index is 0.000000370. The molecular weight excluding hydrogens is 373 g/mol. The van der Waals surface area contributed by atoms with Crippen LogP contribution >= 0.6 is 0 Å². The van der Waals surface area contributed by atoms with Gasteiger partial charge in [0.1, 0.15) is 17.1 Å². The number of nitrogens with zero attached hydrogens (tertiary/aromatic N) is 3. The van der Waals surface area contributed by atoms with E-state index in [0.29, 0.717) is 37.0 Å². The fraction of sp³-hybridized carbons (Fsp3) is 0.455. The first-order valence-electron chi connectivity index (χ1n) is 9.54. The molecular formula is C22H30FN3O3. The van der Waals surface area contributed by atoms with Crippen molar-refractivity contribution in [2.75, 3.05) is 20.6 Å². The van der Waals surface area contributed by atoms with Crippen molar-refractivity contribution in [3.8, 4) is 5.75 Å². The van der Waals surface area contributed by atoms with Gasteiger partial charge in [0.15, 0.2) is 12.0 Å². The van der Waals surface area contributed by atoms with E-state index >= 15 is 0 Å². The maximum Gasteiger partial charge on any atom is 0.259 e. The van der Waals surface area contributed by atoms with E-state index in [-0.39, 0.29) is 28.7 Å². The summed E-state index contributed by atoms with van der Waals surface area (Å²) in [5.41, 5.74) is 2.11. The van der Waals surface area contributed by atoms with Gasteiger partial charge in [0.25, 0.3) is 5.91 Å². The minimum atomic E-state index is -0.327. The first-order valence-corrected chi connectivity index (χ1v) is 9.54. The molecule has 0 spiro atoms. The number of benzene rings is 1. The van der Waals surface area contributed by atoms with Crippen molar-refractivity contribution in [2.45, 2.75) is 39.3 Å². The van der Waals surface area contributed by atoms with Crippen LogP contribution in [0.25, 0.3) is 0 Å². The molecule has 0 bridgehead atoms. The number of amides is 1. The predicted octanol–water partition coefficient (Wildman–Crippen LogP) is 3.23. The van der Waals surface area contributed by atoms with E-state index in [9.17, 15) is 19.1 Å². The Morgan fingerprint density at radius 2 is 1.76 bits per heavy atom. The lowest BCUT2D eigenvalue weighted by Gasteiger charge is -2.27. The fourth-order valence-corrected chi connectivity index (χ4v) is 2.85. The number of carbonyl (C=O) groups is 2. The molecule has 6 nitrogen and oxygen atoms in total. The molecule has 0 aliphatic carbocycles. The van der Waals surface area contributed by atoms with Gasteiger partial charge >= 0.3 is 0 Å². The Labute approximate surface area is 171 Å². The molecule has 1 N–H and O–H groups in total. The van der Waals surface area contributed by atoms with Crippen molar-refractivity contribution in [3.05, 3.63) is 52.6 Å². The molecule has 0 saturated carbocycles. The number of aldehydes is 1. The summed E-state index contributed by atoms with van der Waals surface area (Å²) >= 11 is 0. The monoisotopic (exact) mass is 403 g/mol. The summed E-state index contributed by atoms with van der Waals surface area (Å²) in [4.78, 5) is 27.4. The largest absolute Gasteiger partial charge is 0.505 e. The topological polar surface area (TPSA) is 65.8 Å². The standard InChI is InChI=1S/C16H15FN2O3.C6H15N/c1-18-12-6-7-19(8-10-2-4-11(17)5-3-10)16(22)14(12)15(21)13(18)9-20;1-6(2,3)7(4)5/h2-5,9,21H,6-8H2,1H3;1-5H3. The number of fused-ring (bicyclic) bond motifs is 1. The number of aromatic hydroxyl groups is 1. The number of rotatable bonds is 3. The molecule has 1 amide bonds. The first kappa shape index (κ1) is 22.6. The molecule has 7 heteroatoms. The van der Waals surface area contributed by atoms with E-state index in [1.54, 1.807) is 28.6 Å². The van der Waals surface area contributed by atoms with Gasteiger partial charge in [0, 0.05) is 37.8 Å². The molecule has 3 rings (SSSR count). The first-order chi connectivity index (χ1) is 13.5. The van der Waals surface area contributed by atoms with Crippen LogP contribution < -0.4 is 0 Å². The maximum atomic E-state index is 12.9. The Morgan fingerprint density at radius 3 is 2.24 bits per heavy atom. The van der Waals surface area contributed by atoms with E-state index in [1.807, 2.05) is 0 Å². The van der Waals surface area contributed by atoms with Crippen LogP contribution in [0.2, 0.25) is 0 Å². The van der Waals surface area contributed by atoms with Crippen LogP contribution in [0, 0.1) is 5.82 Å². The number of carbonyl (C=O) groups excluding carboxylic acids is 2. The second-order valence-corrected chi connectivity index (χ2v) is 8.40. The highest BCUT2D eigenvalue weighted by Gasteiger charge is 2.32. The molecule has 1 aromatic heterocycles. The van der Waals surface area contributed by atoms with Crippen LogP contribution in [-0.4, -0.2) is 57.8 Å². The van der Waals surface area contributed by atoms with Gasteiger partial charge in [0.2, 0.25) is 0 Å². The zero-order chi connectivity index (χ0) is 21.9. The average molecular weight is 403 g/mol. The van der Waals surface area contributed by atoms with Crippen molar-refractivity contribution >= 4 is 12.2 Å². The Hall–Kier alpha value is -2.67. The van der Waals surface area contributed by atoms with Gasteiger partial charge in [-0.2, -0.15) is 0 Å². The second-order valence-electron chi connectivity index (χ2n) is 8.40. The van der Waals surface area contributed by atoms with Crippen molar-refractivity contribution in [1.82, 2.24) is 14.4 Å². The molecule has 2 aromatic rings. The third-order valence-electron chi connectivity index (χ3n) is 5.39. The van der Waals surface area contributed by atoms with Crippen molar-refractivity contribution < 1.29 is 19.1 Å². The van der Waals surface area contributed by atoms with Crippen molar-refractivity contribution in [2.24, 2.45) is 7.05 Å². The van der Waals surface area contributed by atoms with Crippen LogP contribution in [0.15, 0.2) is 24.3 Å². The van der Waals surface area contributed by atoms with E-state index in [0.717, 1.165) is 5.56 Å². The molecule has 2 heterocycles. The summed E-state index contributed by atoms with van der Waals surface area (Å²) in [5, 5.41) is 10.1. The predicted molar refractivity (Wildman–Crippen MR) is 111 cm³/mol. The molecule has 0 saturated heterocycles. The molecule has 0 radical (unpaired) electrons. The molecule has 158 valence electrons. The van der Waals surface area contributed by atoms with Gasteiger partial charge in [-0.05, 0) is 52.6 Å². The minimum Gasteiger partial charge on any atom is -0.505 e. The smallest absolute Gasteiger partial charge is 0.259 e. The zero-order valence-electron chi connectivity index (χ0n) is 18.0. The maximum absolute atomic E-state index is 12.9. The van der Waals surface area contributed by atoms with E-state index in [1.165, 1.54) is 12.1 Å². The fourth-order valence-electron chi connectivity index (χ4n) is 2.85. The highest BCUT2D eigenvalue weighted by atomic mass is 19.1. The zero-order valence-corrected chi connectivity index (χ0v) is 18.0. The number of hydrogen-bond donors (Lipinski definition) is 1. The summed E-state index contributed by atoms with van der Waals surface area (Å²) in [6, 6.07) is 5.94. The van der Waals surface area contributed by atoms with Crippen molar-refractivity contribution in [1.29, 1.82) is 0 Å². The number of aromatic nitrogens is 1. The summed E-state index contributed by atoms with van der Waals surface area (Å²) < 4.78 is 14.5. The van der Waals surface area contributed by atoms with Crippen LogP contribution in [-0.2, 0) is 20.0 Å². The molecule has 29 heavy (non-hydrogen) atoms. The highest BCUT2D eigenvalue weighted by Crippen LogP contribution is 2.32. The molecule has 0 atom stereocenters. The summed E-state index contributed by atoms with van der Waals surface area (Å²) in [6.45, 7) is 7.38. The lowest BCUT2D eigenvalue weighted by Crippen LogP contribution is -2.37. The van der Waals surface area contributed by atoms with Crippen molar-refractivity contribution in [3.63, 3.8) is 0 Å². The number of hydrogen-bond acceptors (Lipinski definition) is 4. The van der Waals surface area contributed by atoms with Gasteiger partial charge < -0.3 is 19.5 Å². The van der Waals surface area contributed by atoms with Crippen LogP contribution in [0.5, 0.6) is 5.75 Å². The quantitative estimate of drug-likeness (QED) is 0.799. The lowest BCUT2D eigenvalue weighted by atomic mass is 10.1. The van der Waals surface area contributed by atoms with Crippen LogP contribution in [0.3, 0.4) is 0 Å². The SMILES string of the molecule is CN(C)C(C)(C)C.Cn1c(C=O)c(O)c2c1CCN(Cc1ccc(F)cc1)C2=O. The second kappa shape index (κ2) is 8.78. The van der Waals surface area contributed by atoms with Gasteiger partial charge in [-0.15, -0.1) is 0 Å². The molecule has 1 aromatic carbocycles. The minimum absolute atomic E-state index is 0.113. The van der Waals surface area contributed by atoms with Crippen LogP contribution in [0.1, 0.15) is 52.9 Å².